The number of halogens is 5. The molecule has 0 bridgehead atoms. The lowest BCUT2D eigenvalue weighted by Crippen LogP contribution is -2.49. The van der Waals surface area contributed by atoms with E-state index in [0.29, 0.717) is 43.3 Å². The van der Waals surface area contributed by atoms with Crippen molar-refractivity contribution < 1.29 is 32.1 Å². The van der Waals surface area contributed by atoms with Gasteiger partial charge in [0.05, 0.1) is 15.4 Å². The first-order valence-electron chi connectivity index (χ1n) is 14.1. The van der Waals surface area contributed by atoms with Gasteiger partial charge in [0, 0.05) is 59.8 Å². The number of piperazine rings is 1. The number of thioether (sulfide) groups is 1. The molecular formula is C33H25BrF4N4O4S. The standard InChI is InChI=1S/C33H25BrF4N4O4S/c34-26-9-1-21(2-10-26)20-47-29(18-22-3-11-27(35)28(17-22)42(45)46)31(43)23-4-6-24(7-5-23)32(44)41-15-13-40(14-16-41)30-12-8-25(19-39-30)33(36,37)38/h1-12,17-19H,13-16,20H2. The van der Waals surface area contributed by atoms with Gasteiger partial charge in [0.2, 0.25) is 5.82 Å². The van der Waals surface area contributed by atoms with Gasteiger partial charge >= 0.3 is 11.9 Å². The van der Waals surface area contributed by atoms with Gasteiger partial charge in [-0.25, -0.2) is 4.98 Å². The maximum absolute atomic E-state index is 14.0. The molecule has 1 amide bonds. The van der Waals surface area contributed by atoms with Crippen LogP contribution >= 0.6 is 27.7 Å². The van der Waals surface area contributed by atoms with Gasteiger partial charge in [-0.1, -0.05) is 46.3 Å². The summed E-state index contributed by atoms with van der Waals surface area (Å²) in [7, 11) is 0. The van der Waals surface area contributed by atoms with Crippen LogP contribution < -0.4 is 4.90 Å². The van der Waals surface area contributed by atoms with E-state index in [1.807, 2.05) is 24.3 Å². The van der Waals surface area contributed by atoms with Gasteiger partial charge in [-0.05, 0) is 59.7 Å². The van der Waals surface area contributed by atoms with Crippen LogP contribution in [0.3, 0.4) is 0 Å². The highest BCUT2D eigenvalue weighted by atomic mass is 79.9. The van der Waals surface area contributed by atoms with E-state index in [4.69, 9.17) is 0 Å². The number of nitrogens with zero attached hydrogens (tertiary/aromatic N) is 4. The number of carbonyl (C=O) groups excluding carboxylic acids is 2. The topological polar surface area (TPSA) is 96.6 Å². The zero-order valence-corrected chi connectivity index (χ0v) is 26.8. The van der Waals surface area contributed by atoms with Crippen LogP contribution in [0.1, 0.15) is 37.4 Å². The number of ketones is 1. The molecule has 14 heteroatoms. The summed E-state index contributed by atoms with van der Waals surface area (Å²) in [6, 6.07) is 19.3. The van der Waals surface area contributed by atoms with E-state index in [1.54, 1.807) is 21.9 Å². The van der Waals surface area contributed by atoms with Gasteiger partial charge in [0.25, 0.3) is 5.91 Å². The second-order valence-electron chi connectivity index (χ2n) is 10.5. The Bertz CT molecular complexity index is 1810. The third kappa shape index (κ3) is 8.43. The molecule has 0 N–H and O–H groups in total. The van der Waals surface area contributed by atoms with Crippen LogP contribution in [-0.4, -0.2) is 52.7 Å². The summed E-state index contributed by atoms with van der Waals surface area (Å²) in [5, 5.41) is 11.3. The smallest absolute Gasteiger partial charge is 0.353 e. The van der Waals surface area contributed by atoms with Crippen molar-refractivity contribution in [3.63, 3.8) is 0 Å². The lowest BCUT2D eigenvalue weighted by Gasteiger charge is -2.35. The quantitative estimate of drug-likeness (QED) is 0.0566. The highest BCUT2D eigenvalue weighted by Crippen LogP contribution is 2.31. The van der Waals surface area contributed by atoms with Gasteiger partial charge in [0.1, 0.15) is 5.82 Å². The normalized spacial score (nSPS) is 13.9. The summed E-state index contributed by atoms with van der Waals surface area (Å²) in [4.78, 5) is 45.0. The van der Waals surface area contributed by atoms with Crippen molar-refractivity contribution >= 4 is 57.0 Å². The first-order valence-corrected chi connectivity index (χ1v) is 15.9. The van der Waals surface area contributed by atoms with Crippen LogP contribution in [0.5, 0.6) is 0 Å². The molecule has 1 aromatic heterocycles. The van der Waals surface area contributed by atoms with E-state index in [2.05, 4.69) is 20.9 Å². The summed E-state index contributed by atoms with van der Waals surface area (Å²) >= 11 is 4.61. The number of nitro benzene ring substituents is 1. The Morgan fingerprint density at radius 2 is 1.60 bits per heavy atom. The van der Waals surface area contributed by atoms with E-state index in [-0.39, 0.29) is 27.7 Å². The zero-order chi connectivity index (χ0) is 33.7. The van der Waals surface area contributed by atoms with E-state index in [0.717, 1.165) is 34.4 Å². The number of Topliss-reactive ketones (excluding diaryl/α,β-unsaturated/α-hetero) is 1. The highest BCUT2D eigenvalue weighted by molar-refractivity contribution is 9.10. The number of aromatic nitrogens is 1. The number of hydrogen-bond acceptors (Lipinski definition) is 7. The summed E-state index contributed by atoms with van der Waals surface area (Å²) < 4.78 is 53.4. The summed E-state index contributed by atoms with van der Waals surface area (Å²) in [6.45, 7) is 1.41. The van der Waals surface area contributed by atoms with Gasteiger partial charge in [-0.3, -0.25) is 19.7 Å². The van der Waals surface area contributed by atoms with Crippen LogP contribution in [0, 0.1) is 15.9 Å². The molecule has 0 spiro atoms. The van der Waals surface area contributed by atoms with Crippen molar-refractivity contribution in [2.24, 2.45) is 0 Å². The minimum atomic E-state index is -4.47. The number of carbonyl (C=O) groups is 2. The predicted molar refractivity (Wildman–Crippen MR) is 175 cm³/mol. The maximum Gasteiger partial charge on any atom is 0.417 e. The largest absolute Gasteiger partial charge is 0.417 e. The Hall–Kier alpha value is -4.56. The van der Waals surface area contributed by atoms with Gasteiger partial charge < -0.3 is 9.80 Å². The third-order valence-corrected chi connectivity index (χ3v) is 8.98. The molecule has 1 fully saturated rings. The molecule has 242 valence electrons. The van der Waals surface area contributed by atoms with Crippen LogP contribution in [0.4, 0.5) is 29.1 Å². The number of pyridine rings is 1. The molecule has 0 saturated carbocycles. The van der Waals surface area contributed by atoms with E-state index in [1.165, 1.54) is 42.1 Å². The van der Waals surface area contributed by atoms with Crippen LogP contribution in [0.15, 0.2) is 94.4 Å². The Labute approximate surface area is 279 Å². The molecule has 2 heterocycles. The molecule has 3 aromatic carbocycles. The van der Waals surface area contributed by atoms with Crippen molar-refractivity contribution in [2.45, 2.75) is 11.9 Å². The van der Waals surface area contributed by atoms with Crippen LogP contribution in [0.2, 0.25) is 0 Å². The van der Waals surface area contributed by atoms with E-state index < -0.39 is 28.2 Å². The Morgan fingerprint density at radius 3 is 2.19 bits per heavy atom. The van der Waals surface area contributed by atoms with Gasteiger partial charge in [-0.15, -0.1) is 11.8 Å². The fraction of sp³-hybridized carbons (Fsp3) is 0.182. The SMILES string of the molecule is O=C(C(=Cc1ccc(F)c([N+](=O)[O-])c1)SCc1ccc(Br)cc1)c1ccc(C(=O)N2CCN(c3ccc(C(F)(F)F)cn3)CC2)cc1. The van der Waals surface area contributed by atoms with Crippen LogP contribution in [-0.2, 0) is 11.9 Å². The molecule has 47 heavy (non-hydrogen) atoms. The minimum Gasteiger partial charge on any atom is -0.353 e. The van der Waals surface area contributed by atoms with Crippen molar-refractivity contribution in [2.75, 3.05) is 31.1 Å². The van der Waals surface area contributed by atoms with Crippen molar-refractivity contribution in [1.82, 2.24) is 9.88 Å². The molecule has 5 rings (SSSR count). The lowest BCUT2D eigenvalue weighted by molar-refractivity contribution is -0.387. The Balaban J connectivity index is 1.29. The second-order valence-corrected chi connectivity index (χ2v) is 12.4. The summed E-state index contributed by atoms with van der Waals surface area (Å²) in [6.07, 6.45) is -2.21. The summed E-state index contributed by atoms with van der Waals surface area (Å²) in [5.74, 6) is -0.817. The third-order valence-electron chi connectivity index (χ3n) is 7.36. The minimum absolute atomic E-state index is 0.261. The van der Waals surface area contributed by atoms with Crippen molar-refractivity contribution in [3.05, 3.63) is 138 Å². The van der Waals surface area contributed by atoms with E-state index >= 15 is 0 Å². The number of anilines is 1. The van der Waals surface area contributed by atoms with Crippen molar-refractivity contribution in [3.8, 4) is 0 Å². The highest BCUT2D eigenvalue weighted by Gasteiger charge is 2.31. The fourth-order valence-corrected chi connectivity index (χ4v) is 6.04. The Kier molecular flexibility index (Phi) is 10.4. The molecular weight excluding hydrogens is 704 g/mol. The number of rotatable bonds is 9. The first-order chi connectivity index (χ1) is 22.4. The number of benzene rings is 3. The number of amides is 1. The first kappa shape index (κ1) is 33.8. The molecule has 4 aromatic rings. The Morgan fingerprint density at radius 1 is 0.936 bits per heavy atom. The average molecular weight is 730 g/mol. The number of allylic oxidation sites excluding steroid dienone is 1. The van der Waals surface area contributed by atoms with Crippen molar-refractivity contribution in [1.29, 1.82) is 0 Å². The second kappa shape index (κ2) is 14.5. The average Bonchev–Trinajstić information content (AvgIpc) is 3.07. The molecule has 1 saturated heterocycles. The molecule has 8 nitrogen and oxygen atoms in total. The number of nitro groups is 1. The predicted octanol–water partition coefficient (Wildman–Crippen LogP) is 8.03. The molecule has 0 unspecified atom stereocenters. The van der Waals surface area contributed by atoms with E-state index in [9.17, 15) is 37.3 Å². The molecule has 1 aliphatic rings. The molecule has 1 aliphatic heterocycles. The maximum atomic E-state index is 14.0. The van der Waals surface area contributed by atoms with Gasteiger partial charge in [0.15, 0.2) is 5.78 Å². The fourth-order valence-electron chi connectivity index (χ4n) is 4.79. The monoisotopic (exact) mass is 728 g/mol. The lowest BCUT2D eigenvalue weighted by atomic mass is 10.1. The molecule has 0 aliphatic carbocycles. The summed E-state index contributed by atoms with van der Waals surface area (Å²) in [5.41, 5.74) is 0.306. The number of hydrogen-bond donors (Lipinski definition) is 0. The van der Waals surface area contributed by atoms with Crippen LogP contribution in [0.25, 0.3) is 6.08 Å². The molecule has 0 atom stereocenters. The number of alkyl halides is 3. The molecule has 0 radical (unpaired) electrons. The van der Waals surface area contributed by atoms with Gasteiger partial charge in [-0.2, -0.15) is 17.6 Å². The zero-order valence-electron chi connectivity index (χ0n) is 24.4.